The molecular weight excluding hydrogens is 675 g/mol. The lowest BCUT2D eigenvalue weighted by Crippen LogP contribution is -2.22. The molecule has 1 unspecified atom stereocenters. The molecule has 0 aromatic heterocycles. The van der Waals surface area contributed by atoms with E-state index < -0.39 is 36.3 Å². The molecule has 0 saturated carbocycles. The molecule has 48 heavy (non-hydrogen) atoms. The molecule has 0 saturated heterocycles. The van der Waals surface area contributed by atoms with Crippen molar-refractivity contribution in [3.05, 3.63) is 149 Å². The minimum Gasteiger partial charge on any atom is -0.367 e. The molecule has 250 valence electrons. The van der Waals surface area contributed by atoms with Gasteiger partial charge in [0.15, 0.2) is 0 Å². The third-order valence-corrected chi connectivity index (χ3v) is 10.6. The molecule has 0 fully saturated rings. The van der Waals surface area contributed by atoms with Gasteiger partial charge in [0.25, 0.3) is 30.4 Å². The van der Waals surface area contributed by atoms with Crippen molar-refractivity contribution in [2.24, 2.45) is 5.92 Å². The van der Waals surface area contributed by atoms with E-state index in [0.29, 0.717) is 29.8 Å². The van der Waals surface area contributed by atoms with Crippen LogP contribution in [0.3, 0.4) is 0 Å². The van der Waals surface area contributed by atoms with Crippen LogP contribution in [0.4, 0.5) is 5.69 Å². The Bertz CT molecular complexity index is 2230. The van der Waals surface area contributed by atoms with E-state index >= 15 is 0 Å². The number of anilines is 1. The van der Waals surface area contributed by atoms with Crippen LogP contribution in [0, 0.1) is 5.92 Å². The van der Waals surface area contributed by atoms with Crippen LogP contribution in [0.1, 0.15) is 35.1 Å². The molecule has 0 radical (unpaired) electrons. The van der Waals surface area contributed by atoms with Gasteiger partial charge in [-0.15, -0.1) is 0 Å². The quantitative estimate of drug-likeness (QED) is 0.148. The van der Waals surface area contributed by atoms with Gasteiger partial charge in [0.1, 0.15) is 0 Å². The van der Waals surface area contributed by atoms with Crippen LogP contribution in [0.5, 0.6) is 0 Å². The van der Waals surface area contributed by atoms with E-state index in [1.165, 1.54) is 42.5 Å². The molecule has 1 aliphatic rings. The van der Waals surface area contributed by atoms with Gasteiger partial charge in [0.05, 0.1) is 14.7 Å². The summed E-state index contributed by atoms with van der Waals surface area (Å²) in [5.41, 5.74) is 3.98. The van der Waals surface area contributed by atoms with E-state index in [-0.39, 0.29) is 20.6 Å². The highest BCUT2D eigenvalue weighted by Gasteiger charge is 2.28. The van der Waals surface area contributed by atoms with Gasteiger partial charge < -0.3 is 4.90 Å². The molecule has 1 atom stereocenters. The van der Waals surface area contributed by atoms with Crippen LogP contribution in [-0.4, -0.2) is 45.5 Å². The van der Waals surface area contributed by atoms with Crippen LogP contribution >= 0.6 is 0 Å². The molecule has 5 rings (SSSR count). The summed E-state index contributed by atoms with van der Waals surface area (Å²) < 4.78 is 100. The van der Waals surface area contributed by atoms with Gasteiger partial charge in [-0.2, -0.15) is 25.3 Å². The van der Waals surface area contributed by atoms with E-state index in [9.17, 15) is 38.9 Å². The normalized spacial score (nSPS) is 15.7. The summed E-state index contributed by atoms with van der Waals surface area (Å²) in [7, 11) is -13.3. The lowest BCUT2D eigenvalue weighted by molar-refractivity contribution is 0.479. The maximum Gasteiger partial charge on any atom is 0.294 e. The van der Waals surface area contributed by atoms with Crippen molar-refractivity contribution in [1.29, 1.82) is 0 Å². The van der Waals surface area contributed by atoms with Gasteiger partial charge in [-0.1, -0.05) is 78.9 Å². The van der Waals surface area contributed by atoms with Crippen molar-refractivity contribution in [3.63, 3.8) is 0 Å². The van der Waals surface area contributed by atoms with Crippen molar-refractivity contribution in [2.45, 2.75) is 34.1 Å². The Balaban J connectivity index is 1.48. The highest BCUT2D eigenvalue weighted by Crippen LogP contribution is 2.39. The Morgan fingerprint density at radius 2 is 1.31 bits per heavy atom. The monoisotopic (exact) mass is 707 g/mol. The fraction of sp³-hybridized carbons (Fsp3) is 0.143. The predicted molar refractivity (Wildman–Crippen MR) is 184 cm³/mol. The zero-order chi connectivity index (χ0) is 34.7. The van der Waals surface area contributed by atoms with Crippen LogP contribution in [0.25, 0.3) is 6.08 Å². The molecule has 0 aliphatic heterocycles. The first kappa shape index (κ1) is 35.0. The summed E-state index contributed by atoms with van der Waals surface area (Å²) in [6, 6.07) is 25.7. The van der Waals surface area contributed by atoms with Crippen LogP contribution < -0.4 is 4.90 Å². The number of hydrogen-bond acceptors (Lipinski definition) is 7. The van der Waals surface area contributed by atoms with E-state index in [4.69, 9.17) is 0 Å². The number of nitrogens with zero attached hydrogens (tertiary/aromatic N) is 1. The summed E-state index contributed by atoms with van der Waals surface area (Å²) in [4.78, 5) is 1.39. The fourth-order valence-electron chi connectivity index (χ4n) is 5.72. The van der Waals surface area contributed by atoms with Crippen molar-refractivity contribution in [3.8, 4) is 0 Å². The Hall–Kier alpha value is -4.37. The number of rotatable bonds is 11. The molecule has 0 bridgehead atoms. The fourth-order valence-corrected chi connectivity index (χ4v) is 7.55. The first-order valence-electron chi connectivity index (χ1n) is 14.8. The smallest absolute Gasteiger partial charge is 0.294 e. The molecule has 0 spiro atoms. The lowest BCUT2D eigenvalue weighted by atomic mass is 9.78. The average molecular weight is 708 g/mol. The summed E-state index contributed by atoms with van der Waals surface area (Å²) >= 11 is 0. The standard InChI is InChI=1S/C35H33NO9S3/c1-2-36(24-27-8-6-10-32(23-27)47(40,41)42)30-19-17-29(18-20-30)35(33-11-3-4-12-34(33)48(43,44)45)28-15-13-25(14-16-28)21-26-7-5-9-31(22-26)46(37,38)39/h3-23,28,35H,2,24H2,1H3,(H,37,38,39)(H,40,41,42)(H,43,44,45). The Morgan fingerprint density at radius 3 is 1.92 bits per heavy atom. The molecule has 13 heteroatoms. The summed E-state index contributed by atoms with van der Waals surface area (Å²) in [5, 5.41) is 0. The molecule has 1 aliphatic carbocycles. The molecule has 0 heterocycles. The maximum absolute atomic E-state index is 12.5. The zero-order valence-corrected chi connectivity index (χ0v) is 28.1. The van der Waals surface area contributed by atoms with Gasteiger partial charge in [-0.05, 0) is 83.3 Å². The Kier molecular flexibility index (Phi) is 10.2. The van der Waals surface area contributed by atoms with Crippen LogP contribution in [-0.2, 0) is 36.9 Å². The minimum atomic E-state index is -4.56. The molecule has 10 nitrogen and oxygen atoms in total. The summed E-state index contributed by atoms with van der Waals surface area (Å²) in [6.45, 7) is 2.90. The van der Waals surface area contributed by atoms with Gasteiger partial charge in [-0.3, -0.25) is 13.7 Å². The second-order valence-electron chi connectivity index (χ2n) is 11.2. The van der Waals surface area contributed by atoms with Gasteiger partial charge in [-0.25, -0.2) is 0 Å². The van der Waals surface area contributed by atoms with Crippen molar-refractivity contribution in [1.82, 2.24) is 0 Å². The summed E-state index contributed by atoms with van der Waals surface area (Å²) in [5.74, 6) is -0.874. The zero-order valence-electron chi connectivity index (χ0n) is 25.7. The molecule has 4 aromatic carbocycles. The van der Waals surface area contributed by atoms with E-state index in [1.807, 2.05) is 60.4 Å². The molecule has 3 N–H and O–H groups in total. The Morgan fingerprint density at radius 1 is 0.708 bits per heavy atom. The van der Waals surface area contributed by atoms with Crippen molar-refractivity contribution in [2.75, 3.05) is 11.4 Å². The largest absolute Gasteiger partial charge is 0.367 e. The van der Waals surface area contributed by atoms with Gasteiger partial charge in [0.2, 0.25) is 0 Å². The first-order chi connectivity index (χ1) is 22.6. The van der Waals surface area contributed by atoms with Crippen LogP contribution in [0.2, 0.25) is 0 Å². The highest BCUT2D eigenvalue weighted by molar-refractivity contribution is 7.86. The van der Waals surface area contributed by atoms with Crippen molar-refractivity contribution >= 4 is 42.1 Å². The second-order valence-corrected chi connectivity index (χ2v) is 15.4. The third kappa shape index (κ3) is 8.37. The lowest BCUT2D eigenvalue weighted by Gasteiger charge is -2.28. The van der Waals surface area contributed by atoms with E-state index in [2.05, 4.69) is 0 Å². The highest BCUT2D eigenvalue weighted by atomic mass is 32.2. The molecular formula is C35H33NO9S3. The maximum atomic E-state index is 12.5. The number of hydrogen-bond donors (Lipinski definition) is 3. The number of allylic oxidation sites excluding steroid dienone is 5. The second kappa shape index (κ2) is 14.0. The summed E-state index contributed by atoms with van der Waals surface area (Å²) in [6.07, 6.45) is 9.22. The topological polar surface area (TPSA) is 166 Å². The molecule has 4 aromatic rings. The predicted octanol–water partition coefficient (Wildman–Crippen LogP) is 6.41. The number of benzene rings is 4. The van der Waals surface area contributed by atoms with Crippen molar-refractivity contribution < 1.29 is 38.9 Å². The molecule has 0 amide bonds. The van der Waals surface area contributed by atoms with E-state index in [1.54, 1.807) is 36.4 Å². The first-order valence-corrected chi connectivity index (χ1v) is 19.1. The van der Waals surface area contributed by atoms with Crippen LogP contribution in [0.15, 0.2) is 142 Å². The minimum absolute atomic E-state index is 0.190. The average Bonchev–Trinajstić information content (AvgIpc) is 3.04. The van der Waals surface area contributed by atoms with Gasteiger partial charge in [0, 0.05) is 30.6 Å². The third-order valence-electron chi connectivity index (χ3n) is 8.00. The SMILES string of the molecule is CCN(Cc1cccc(S(=O)(=O)O)c1)c1ccc(C(c2ccccc2S(=O)(=O)O)C2C=CC(=Cc3cccc(S(=O)(=O)O)c3)C=C2)cc1. The van der Waals surface area contributed by atoms with Gasteiger partial charge >= 0.3 is 0 Å². The van der Waals surface area contributed by atoms with E-state index in [0.717, 1.165) is 16.8 Å². The Labute approximate surface area is 280 Å².